The van der Waals surface area contributed by atoms with Crippen molar-refractivity contribution in [2.45, 2.75) is 162 Å². The average molecular weight is 865 g/mol. The second-order valence-electron chi connectivity index (χ2n) is 15.1. The third-order valence-electron chi connectivity index (χ3n) is 10.0. The molecule has 0 unspecified atom stereocenters. The van der Waals surface area contributed by atoms with Crippen LogP contribution in [0, 0.1) is 11.3 Å². The van der Waals surface area contributed by atoms with Gasteiger partial charge in [0, 0.05) is 44.0 Å². The van der Waals surface area contributed by atoms with E-state index in [1.807, 2.05) is 20.8 Å². The van der Waals surface area contributed by atoms with Crippen LogP contribution in [0.2, 0.25) is 0 Å². The zero-order chi connectivity index (χ0) is 44.8. The minimum atomic E-state index is -2.19. The molecule has 59 heavy (non-hydrogen) atoms. The molecule has 1 fully saturated rings. The molecule has 0 bridgehead atoms. The first-order valence-corrected chi connectivity index (χ1v) is 21.0. The molecule has 0 amide bonds. The van der Waals surface area contributed by atoms with Gasteiger partial charge in [0.2, 0.25) is 5.79 Å². The van der Waals surface area contributed by atoms with Gasteiger partial charge in [0.1, 0.15) is 18.1 Å². The minimum Gasteiger partial charge on any atom is -0.466 e. The normalized spacial score (nSPS) is 20.3. The maximum Gasteiger partial charge on any atom is 0.330 e. The van der Waals surface area contributed by atoms with Crippen LogP contribution < -0.4 is 0 Å². The summed E-state index contributed by atoms with van der Waals surface area (Å²) >= 11 is 5.61. The van der Waals surface area contributed by atoms with Gasteiger partial charge >= 0.3 is 29.8 Å². The monoisotopic (exact) mass is 864 g/mol. The number of halogens is 1. The van der Waals surface area contributed by atoms with Gasteiger partial charge in [-0.05, 0) is 44.3 Å². The highest BCUT2D eigenvalue weighted by molar-refractivity contribution is 6.26. The van der Waals surface area contributed by atoms with E-state index >= 15 is 0 Å². The fourth-order valence-electron chi connectivity index (χ4n) is 6.18. The number of esters is 5. The number of aliphatic hydroxyl groups excluding tert-OH is 1. The van der Waals surface area contributed by atoms with Crippen LogP contribution in [0.1, 0.15) is 113 Å². The van der Waals surface area contributed by atoms with Gasteiger partial charge in [-0.2, -0.15) is 0 Å². The first-order valence-electron chi connectivity index (χ1n) is 20.5. The number of unbranched alkanes of at least 4 members (excludes halogenated alkanes) is 1. The molecule has 0 saturated carbocycles. The van der Waals surface area contributed by atoms with Crippen LogP contribution in [0.25, 0.3) is 0 Å². The van der Waals surface area contributed by atoms with Crippen molar-refractivity contribution < 1.29 is 76.8 Å². The maximum atomic E-state index is 13.1. The number of rotatable bonds is 28. The van der Waals surface area contributed by atoms with E-state index in [0.717, 1.165) is 18.9 Å². The number of alkyl halides is 1. The molecule has 1 aliphatic heterocycles. The Bertz CT molecular complexity index is 1370. The predicted molar refractivity (Wildman–Crippen MR) is 216 cm³/mol. The summed E-state index contributed by atoms with van der Waals surface area (Å²) in [5.74, 6) is -6.53. The summed E-state index contributed by atoms with van der Waals surface area (Å²) in [4.78, 5) is 62.4. The SMILES string of the molecule is CCCCO[C@H](C)[C@@H](CC)OC(=O)C[C@H](O)CC(=O)O[C@@H](C[C@@H]1CCO[C@H](/C=C/C(C)(C)[C@](O)(OC)[C@@H](OC(=O)CC)/C(=C/C(=O)OC)CC)O1)[C@@H](C)COC(=O)CCl. The average Bonchev–Trinajstić information content (AvgIpc) is 3.21. The number of aliphatic hydroxyl groups is 2. The van der Waals surface area contributed by atoms with Crippen LogP contribution in [-0.4, -0.2) is 129 Å². The maximum absolute atomic E-state index is 13.1. The van der Waals surface area contributed by atoms with E-state index in [2.05, 4.69) is 0 Å². The molecule has 9 atom stereocenters. The number of hydrogen-bond acceptors (Lipinski definition) is 16. The molecule has 0 radical (unpaired) electrons. The van der Waals surface area contributed by atoms with E-state index in [-0.39, 0.29) is 50.0 Å². The lowest BCUT2D eigenvalue weighted by Gasteiger charge is -2.45. The largest absolute Gasteiger partial charge is 0.466 e. The highest BCUT2D eigenvalue weighted by Crippen LogP contribution is 2.41. The van der Waals surface area contributed by atoms with Crippen LogP contribution in [0.5, 0.6) is 0 Å². The molecule has 0 aliphatic carbocycles. The predicted octanol–water partition coefficient (Wildman–Crippen LogP) is 5.25. The number of carbonyl (C=O) groups excluding carboxylic acids is 5. The quantitative estimate of drug-likeness (QED) is 0.0196. The first-order chi connectivity index (χ1) is 27.8. The third-order valence-corrected chi connectivity index (χ3v) is 10.2. The molecular formula is C42H69ClO16. The molecule has 2 N–H and O–H groups in total. The van der Waals surface area contributed by atoms with Gasteiger partial charge < -0.3 is 52.8 Å². The number of carbonyl (C=O) groups is 5. The highest BCUT2D eigenvalue weighted by atomic mass is 35.5. The van der Waals surface area contributed by atoms with Gasteiger partial charge in [-0.25, -0.2) is 4.79 Å². The fraction of sp³-hybridized carbons (Fsp3) is 0.786. The summed E-state index contributed by atoms with van der Waals surface area (Å²) in [5, 5.41) is 22.7. The van der Waals surface area contributed by atoms with Crippen molar-refractivity contribution in [2.24, 2.45) is 11.3 Å². The van der Waals surface area contributed by atoms with E-state index < -0.39 is 96.6 Å². The van der Waals surface area contributed by atoms with E-state index in [0.29, 0.717) is 19.4 Å². The smallest absolute Gasteiger partial charge is 0.330 e. The van der Waals surface area contributed by atoms with Crippen molar-refractivity contribution in [2.75, 3.05) is 39.9 Å². The van der Waals surface area contributed by atoms with Crippen LogP contribution in [-0.2, 0) is 66.6 Å². The molecule has 340 valence electrons. The summed E-state index contributed by atoms with van der Waals surface area (Å²) in [6.07, 6.45) is 0.509. The molecule has 1 saturated heterocycles. The van der Waals surface area contributed by atoms with Crippen LogP contribution >= 0.6 is 11.6 Å². The summed E-state index contributed by atoms with van der Waals surface area (Å²) in [7, 11) is 2.46. The molecule has 17 heteroatoms. The zero-order valence-electron chi connectivity index (χ0n) is 36.5. The van der Waals surface area contributed by atoms with Crippen molar-refractivity contribution >= 4 is 41.4 Å². The molecule has 1 rings (SSSR count). The second kappa shape index (κ2) is 27.7. The standard InChI is InChI=1S/C42H69ClO16/c1-11-15-19-53-28(6)32(13-3)57-36(47)22-30(44)23-37(48)58-33(27(5)26-55-38(49)25-43)24-31-17-20-54-39(56-31)16-18-41(7,8)42(50,52-10)40(59-34(45)14-4)29(12-2)21-35(46)51-9/h16,18,21,27-28,30-33,39-40,44,50H,11-15,17,19-20,22-26H2,1-10H3/b18-16+,29-21+/t27-,28+,30-,31-,32+,33-,39-,40-,42+/m0/s1. The lowest BCUT2D eigenvalue weighted by molar-refractivity contribution is -0.283. The molecule has 1 aliphatic rings. The molecule has 0 aromatic heterocycles. The van der Waals surface area contributed by atoms with Crippen molar-refractivity contribution in [1.82, 2.24) is 0 Å². The number of methoxy groups -OCH3 is 2. The van der Waals surface area contributed by atoms with Crippen molar-refractivity contribution in [3.05, 3.63) is 23.8 Å². The van der Waals surface area contributed by atoms with E-state index in [4.69, 9.17) is 54.2 Å². The molecule has 0 aromatic carbocycles. The van der Waals surface area contributed by atoms with Gasteiger partial charge in [-0.3, -0.25) is 19.2 Å². The third kappa shape index (κ3) is 18.6. The van der Waals surface area contributed by atoms with Gasteiger partial charge in [0.05, 0.1) is 51.5 Å². The summed E-state index contributed by atoms with van der Waals surface area (Å²) in [5.41, 5.74) is -1.04. The molecule has 1 heterocycles. The molecule has 16 nitrogen and oxygen atoms in total. The van der Waals surface area contributed by atoms with Crippen LogP contribution in [0.4, 0.5) is 0 Å². The van der Waals surface area contributed by atoms with Crippen LogP contribution in [0.15, 0.2) is 23.8 Å². The minimum absolute atomic E-state index is 0.000519. The van der Waals surface area contributed by atoms with Crippen molar-refractivity contribution in [1.29, 1.82) is 0 Å². The summed E-state index contributed by atoms with van der Waals surface area (Å²) in [6.45, 7) is 14.7. The Balaban J connectivity index is 3.17. The first kappa shape index (κ1) is 53.9. The topological polar surface area (TPSA) is 209 Å². The van der Waals surface area contributed by atoms with Crippen molar-refractivity contribution in [3.63, 3.8) is 0 Å². The lowest BCUT2D eigenvalue weighted by atomic mass is 9.76. The Morgan fingerprint density at radius 1 is 0.915 bits per heavy atom. The molecular weight excluding hydrogens is 796 g/mol. The van der Waals surface area contributed by atoms with Gasteiger partial charge in [0.25, 0.3) is 0 Å². The van der Waals surface area contributed by atoms with E-state index in [1.165, 1.54) is 14.2 Å². The number of hydrogen-bond donors (Lipinski definition) is 2. The Morgan fingerprint density at radius 2 is 1.56 bits per heavy atom. The Morgan fingerprint density at radius 3 is 2.10 bits per heavy atom. The Hall–Kier alpha value is -3.12. The van der Waals surface area contributed by atoms with Gasteiger partial charge in [0.15, 0.2) is 12.4 Å². The highest BCUT2D eigenvalue weighted by Gasteiger charge is 2.52. The van der Waals surface area contributed by atoms with Gasteiger partial charge in [-0.15, -0.1) is 11.6 Å². The fourth-order valence-corrected chi connectivity index (χ4v) is 6.25. The Labute approximate surface area is 354 Å². The molecule has 0 aromatic rings. The summed E-state index contributed by atoms with van der Waals surface area (Å²) < 4.78 is 50.5. The van der Waals surface area contributed by atoms with E-state index in [1.54, 1.807) is 46.8 Å². The van der Waals surface area contributed by atoms with E-state index in [9.17, 15) is 34.2 Å². The molecule has 0 spiro atoms. The van der Waals surface area contributed by atoms with Crippen molar-refractivity contribution in [3.8, 4) is 0 Å². The summed E-state index contributed by atoms with van der Waals surface area (Å²) in [6, 6.07) is 0. The van der Waals surface area contributed by atoms with Gasteiger partial charge in [-0.1, -0.05) is 61.0 Å². The zero-order valence-corrected chi connectivity index (χ0v) is 37.3. The second-order valence-corrected chi connectivity index (χ2v) is 15.3. The Kier molecular flexibility index (Phi) is 25.3. The lowest BCUT2D eigenvalue weighted by Crippen LogP contribution is -2.57. The number of ether oxygens (including phenoxy) is 9. The van der Waals surface area contributed by atoms with Crippen LogP contribution in [0.3, 0.4) is 0 Å².